The zero-order valence-electron chi connectivity index (χ0n) is 14.5. The molecule has 0 radical (unpaired) electrons. The van der Waals surface area contributed by atoms with Crippen LogP contribution in [0.25, 0.3) is 5.82 Å². The zero-order valence-corrected chi connectivity index (χ0v) is 15.3. The smallest absolute Gasteiger partial charge is 0.353 e. The molecule has 0 aliphatic carbocycles. The van der Waals surface area contributed by atoms with E-state index in [4.69, 9.17) is 4.98 Å². The van der Waals surface area contributed by atoms with E-state index in [2.05, 4.69) is 14.9 Å². The summed E-state index contributed by atoms with van der Waals surface area (Å²) in [5.41, 5.74) is -0.824. The average Bonchev–Trinajstić information content (AvgIpc) is 3.31. The van der Waals surface area contributed by atoms with Gasteiger partial charge in [0, 0.05) is 44.0 Å². The molecule has 0 unspecified atom stereocenters. The molecule has 10 heteroatoms. The Kier molecular flexibility index (Phi) is 4.50. The van der Waals surface area contributed by atoms with Gasteiger partial charge in [-0.1, -0.05) is 6.07 Å². The first kappa shape index (κ1) is 17.8. The second-order valence-corrected chi connectivity index (χ2v) is 7.02. The van der Waals surface area contributed by atoms with Crippen LogP contribution in [0.4, 0.5) is 24.1 Å². The molecule has 4 heterocycles. The number of piperazine rings is 1. The summed E-state index contributed by atoms with van der Waals surface area (Å²) in [6, 6.07) is 5.80. The monoisotopic (exact) mass is 394 g/mol. The highest BCUT2D eigenvalue weighted by Gasteiger charge is 2.34. The van der Waals surface area contributed by atoms with E-state index in [-0.39, 0.29) is 0 Å². The minimum Gasteiger partial charge on any atom is -0.353 e. The van der Waals surface area contributed by atoms with Gasteiger partial charge in [0.25, 0.3) is 0 Å². The number of halogens is 3. The predicted molar refractivity (Wildman–Crippen MR) is 97.6 cm³/mol. The lowest BCUT2D eigenvalue weighted by Gasteiger charge is -2.35. The number of aromatic nitrogens is 4. The summed E-state index contributed by atoms with van der Waals surface area (Å²) in [5.74, 6) is 2.49. The van der Waals surface area contributed by atoms with E-state index in [9.17, 15) is 13.2 Å². The van der Waals surface area contributed by atoms with Crippen molar-refractivity contribution in [2.45, 2.75) is 13.1 Å². The van der Waals surface area contributed by atoms with Crippen LogP contribution in [-0.4, -0.2) is 45.7 Å². The van der Waals surface area contributed by atoms with Crippen molar-refractivity contribution in [2.75, 3.05) is 36.0 Å². The summed E-state index contributed by atoms with van der Waals surface area (Å²) in [4.78, 5) is 16.7. The summed E-state index contributed by atoms with van der Waals surface area (Å²) in [6.07, 6.45) is -0.807. The Morgan fingerprint density at radius 3 is 2.33 bits per heavy atom. The summed E-state index contributed by atoms with van der Waals surface area (Å²) >= 11 is 1.03. The summed E-state index contributed by atoms with van der Waals surface area (Å²) in [5, 5.41) is 1.48. The Labute approximate surface area is 157 Å². The fourth-order valence-corrected chi connectivity index (χ4v) is 3.90. The third kappa shape index (κ3) is 3.61. The van der Waals surface area contributed by atoms with Crippen LogP contribution in [0.3, 0.4) is 0 Å². The average molecular weight is 394 g/mol. The van der Waals surface area contributed by atoms with Crippen molar-refractivity contribution in [3.05, 3.63) is 47.5 Å². The van der Waals surface area contributed by atoms with Crippen molar-refractivity contribution in [1.82, 2.24) is 19.5 Å². The molecule has 0 aromatic carbocycles. The normalized spacial score (nSPS) is 15.4. The zero-order chi connectivity index (χ0) is 19.0. The number of anilines is 2. The molecule has 3 aromatic heterocycles. The van der Waals surface area contributed by atoms with Crippen LogP contribution in [0.15, 0.2) is 36.0 Å². The molecule has 0 bridgehead atoms. The Morgan fingerprint density at radius 2 is 1.70 bits per heavy atom. The molecule has 0 amide bonds. The van der Waals surface area contributed by atoms with Crippen LogP contribution < -0.4 is 9.80 Å². The number of rotatable bonds is 3. The van der Waals surface area contributed by atoms with Crippen molar-refractivity contribution >= 4 is 22.3 Å². The van der Waals surface area contributed by atoms with Crippen LogP contribution >= 0.6 is 11.3 Å². The molecule has 0 N–H and O–H groups in total. The molecule has 1 aliphatic heterocycles. The Hall–Kier alpha value is -2.62. The number of thiazole rings is 1. The van der Waals surface area contributed by atoms with Gasteiger partial charge in [-0.15, -0.1) is 11.3 Å². The van der Waals surface area contributed by atoms with Gasteiger partial charge in [0.1, 0.15) is 17.5 Å². The number of nitrogens with zero attached hydrogens (tertiary/aromatic N) is 6. The van der Waals surface area contributed by atoms with Crippen LogP contribution in [0.5, 0.6) is 0 Å². The highest BCUT2D eigenvalue weighted by atomic mass is 32.1. The minimum atomic E-state index is -4.40. The lowest BCUT2D eigenvalue weighted by molar-refractivity contribution is -0.140. The van der Waals surface area contributed by atoms with E-state index in [1.807, 2.05) is 40.8 Å². The molecule has 0 saturated carbocycles. The third-order valence-electron chi connectivity index (χ3n) is 4.45. The maximum absolute atomic E-state index is 12.7. The number of hydrogen-bond donors (Lipinski definition) is 0. The lowest BCUT2D eigenvalue weighted by Crippen LogP contribution is -2.46. The van der Waals surface area contributed by atoms with Crippen molar-refractivity contribution in [3.63, 3.8) is 0 Å². The van der Waals surface area contributed by atoms with Crippen molar-refractivity contribution < 1.29 is 13.2 Å². The SMILES string of the molecule is Cc1nccn1-c1cccc(N2CCN(c3nc(C(F)(F)F)cs3)CC2)n1. The van der Waals surface area contributed by atoms with Gasteiger partial charge in [0.2, 0.25) is 0 Å². The Balaban J connectivity index is 1.45. The molecule has 142 valence electrons. The fourth-order valence-electron chi connectivity index (χ4n) is 3.01. The van der Waals surface area contributed by atoms with E-state index in [0.717, 1.165) is 34.2 Å². The Morgan fingerprint density at radius 1 is 1.00 bits per heavy atom. The molecule has 27 heavy (non-hydrogen) atoms. The molecule has 1 aliphatic rings. The molecule has 1 saturated heterocycles. The van der Waals surface area contributed by atoms with Gasteiger partial charge in [0.15, 0.2) is 10.8 Å². The van der Waals surface area contributed by atoms with Gasteiger partial charge < -0.3 is 9.80 Å². The first-order valence-corrected chi connectivity index (χ1v) is 9.30. The summed E-state index contributed by atoms with van der Waals surface area (Å²) in [6.45, 7) is 4.44. The van der Waals surface area contributed by atoms with E-state index in [0.29, 0.717) is 31.3 Å². The topological polar surface area (TPSA) is 50.1 Å². The van der Waals surface area contributed by atoms with Gasteiger partial charge in [-0.2, -0.15) is 13.2 Å². The molecular weight excluding hydrogens is 377 g/mol. The maximum atomic E-state index is 12.7. The Bertz CT molecular complexity index is 927. The second-order valence-electron chi connectivity index (χ2n) is 6.19. The highest BCUT2D eigenvalue weighted by Crippen LogP contribution is 2.33. The minimum absolute atomic E-state index is 0.415. The van der Waals surface area contributed by atoms with Gasteiger partial charge >= 0.3 is 6.18 Å². The van der Waals surface area contributed by atoms with Gasteiger partial charge in [-0.05, 0) is 19.1 Å². The van der Waals surface area contributed by atoms with E-state index in [1.165, 1.54) is 0 Å². The first-order chi connectivity index (χ1) is 12.9. The van der Waals surface area contributed by atoms with Crippen LogP contribution in [0, 0.1) is 6.92 Å². The number of imidazole rings is 1. The number of hydrogen-bond acceptors (Lipinski definition) is 6. The molecule has 0 spiro atoms. The highest BCUT2D eigenvalue weighted by molar-refractivity contribution is 7.13. The van der Waals surface area contributed by atoms with Crippen LogP contribution in [0.1, 0.15) is 11.5 Å². The lowest BCUT2D eigenvalue weighted by atomic mass is 10.3. The summed E-state index contributed by atoms with van der Waals surface area (Å²) in [7, 11) is 0. The van der Waals surface area contributed by atoms with Gasteiger partial charge in [-0.3, -0.25) is 4.57 Å². The van der Waals surface area contributed by atoms with Crippen molar-refractivity contribution in [1.29, 1.82) is 0 Å². The third-order valence-corrected chi connectivity index (χ3v) is 5.35. The summed E-state index contributed by atoms with van der Waals surface area (Å²) < 4.78 is 40.1. The fraction of sp³-hybridized carbons (Fsp3) is 0.353. The number of aryl methyl sites for hydroxylation is 1. The van der Waals surface area contributed by atoms with Crippen LogP contribution in [-0.2, 0) is 6.18 Å². The first-order valence-electron chi connectivity index (χ1n) is 8.42. The van der Waals surface area contributed by atoms with Crippen LogP contribution in [0.2, 0.25) is 0 Å². The van der Waals surface area contributed by atoms with Crippen molar-refractivity contribution in [2.24, 2.45) is 0 Å². The number of pyridine rings is 1. The molecule has 6 nitrogen and oxygen atoms in total. The molecule has 0 atom stereocenters. The van der Waals surface area contributed by atoms with Crippen molar-refractivity contribution in [3.8, 4) is 5.82 Å². The van der Waals surface area contributed by atoms with Gasteiger partial charge in [-0.25, -0.2) is 15.0 Å². The van der Waals surface area contributed by atoms with E-state index in [1.54, 1.807) is 6.20 Å². The number of alkyl halides is 3. The molecule has 1 fully saturated rings. The predicted octanol–water partition coefficient (Wildman–Crippen LogP) is 3.38. The van der Waals surface area contributed by atoms with E-state index >= 15 is 0 Å². The quantitative estimate of drug-likeness (QED) is 0.682. The van der Waals surface area contributed by atoms with Gasteiger partial charge in [0.05, 0.1) is 0 Å². The standard InChI is InChI=1S/C17H17F3N6S/c1-12-21-5-6-26(12)15-4-2-3-14(23-15)24-7-9-25(10-8-24)16-22-13(11-27-16)17(18,19)20/h2-6,11H,7-10H2,1H3. The maximum Gasteiger partial charge on any atom is 0.434 e. The molecule has 4 rings (SSSR count). The molecule has 3 aromatic rings. The molecular formula is C17H17F3N6S. The second kappa shape index (κ2) is 6.84. The van der Waals surface area contributed by atoms with E-state index < -0.39 is 11.9 Å². The largest absolute Gasteiger partial charge is 0.434 e.